The number of sulfone groups is 1. The normalized spacial score (nSPS) is 15.5. The maximum atomic E-state index is 11.5. The van der Waals surface area contributed by atoms with E-state index in [1.165, 1.54) is 6.26 Å². The van der Waals surface area contributed by atoms with Crippen LogP contribution in [0.15, 0.2) is 0 Å². The Balaban J connectivity index is 4.27. The van der Waals surface area contributed by atoms with Crippen molar-refractivity contribution < 1.29 is 23.1 Å². The Labute approximate surface area is 121 Å². The van der Waals surface area contributed by atoms with Gasteiger partial charge in [-0.05, 0) is 33.6 Å². The Morgan fingerprint density at radius 2 is 1.80 bits per heavy atom. The first-order valence-corrected chi connectivity index (χ1v) is 8.68. The van der Waals surface area contributed by atoms with Crippen molar-refractivity contribution in [2.75, 3.05) is 25.2 Å². The van der Waals surface area contributed by atoms with Crippen LogP contribution in [0.4, 0.5) is 4.79 Å². The topological polar surface area (TPSA) is 92.7 Å². The number of amides is 1. The molecule has 1 amide bonds. The molecule has 0 aromatic rings. The molecule has 0 saturated carbocycles. The lowest BCUT2D eigenvalue weighted by atomic mass is 9.86. The third kappa shape index (κ3) is 10.0. The predicted octanol–water partition coefficient (Wildman–Crippen LogP) is 1.33. The fraction of sp³-hybridized carbons (Fsp3) is 0.923. The van der Waals surface area contributed by atoms with Crippen LogP contribution in [0, 0.1) is 5.41 Å². The summed E-state index contributed by atoms with van der Waals surface area (Å²) in [6, 6.07) is 0. The molecule has 20 heavy (non-hydrogen) atoms. The average Bonchev–Trinajstić information content (AvgIpc) is 2.22. The minimum atomic E-state index is -3.00. The molecule has 1 atom stereocenters. The van der Waals surface area contributed by atoms with E-state index in [4.69, 9.17) is 4.74 Å². The van der Waals surface area contributed by atoms with Crippen LogP contribution in [0.2, 0.25) is 0 Å². The number of ether oxygens (including phenoxy) is 1. The smallest absolute Gasteiger partial charge is 0.407 e. The summed E-state index contributed by atoms with van der Waals surface area (Å²) < 4.78 is 27.3. The van der Waals surface area contributed by atoms with Crippen molar-refractivity contribution >= 4 is 15.9 Å². The number of hydrogen-bond acceptors (Lipinski definition) is 5. The van der Waals surface area contributed by atoms with Gasteiger partial charge in [0.15, 0.2) is 0 Å². The van der Waals surface area contributed by atoms with E-state index in [9.17, 15) is 18.3 Å². The molecule has 0 heterocycles. The van der Waals surface area contributed by atoms with Crippen LogP contribution in [-0.4, -0.2) is 50.4 Å². The van der Waals surface area contributed by atoms with E-state index < -0.39 is 26.9 Å². The maximum Gasteiger partial charge on any atom is 0.407 e. The van der Waals surface area contributed by atoms with Gasteiger partial charge in [-0.15, -0.1) is 0 Å². The predicted molar refractivity (Wildman–Crippen MR) is 78.4 cm³/mol. The molecule has 1 unspecified atom stereocenters. The largest absolute Gasteiger partial charge is 0.444 e. The minimum Gasteiger partial charge on any atom is -0.444 e. The molecule has 0 aromatic heterocycles. The molecule has 0 radical (unpaired) electrons. The molecule has 0 rings (SSSR count). The van der Waals surface area contributed by atoms with Crippen LogP contribution in [-0.2, 0) is 14.6 Å². The van der Waals surface area contributed by atoms with Crippen LogP contribution in [0.1, 0.15) is 40.5 Å². The van der Waals surface area contributed by atoms with Gasteiger partial charge in [0.2, 0.25) is 0 Å². The highest BCUT2D eigenvalue weighted by molar-refractivity contribution is 7.90. The minimum absolute atomic E-state index is 0.0784. The first-order chi connectivity index (χ1) is 8.87. The highest BCUT2D eigenvalue weighted by Gasteiger charge is 2.25. The number of alkyl carbamates (subject to hydrolysis) is 1. The fourth-order valence-corrected chi connectivity index (χ4v) is 2.25. The lowest BCUT2D eigenvalue weighted by Gasteiger charge is -2.28. The summed E-state index contributed by atoms with van der Waals surface area (Å²) in [6.07, 6.45) is 1.60. The molecular formula is C13H27NO5S. The molecule has 0 aliphatic rings. The summed E-state index contributed by atoms with van der Waals surface area (Å²) in [5.74, 6) is 0.0784. The van der Waals surface area contributed by atoms with E-state index >= 15 is 0 Å². The van der Waals surface area contributed by atoms with Crippen molar-refractivity contribution in [3.63, 3.8) is 0 Å². The molecule has 0 saturated heterocycles. The third-order valence-electron chi connectivity index (χ3n) is 2.74. The standard InChI is InChI=1S/C13H27NO5S/c1-12(2,3)19-11(16)14-9-13(4,10-15)7-6-8-20(5,17)18/h15H,6-10H2,1-5H3,(H,14,16). The van der Waals surface area contributed by atoms with Gasteiger partial charge in [-0.2, -0.15) is 0 Å². The van der Waals surface area contributed by atoms with E-state index in [1.807, 2.05) is 0 Å². The second-order valence-corrected chi connectivity index (χ2v) is 8.82. The monoisotopic (exact) mass is 309 g/mol. The van der Waals surface area contributed by atoms with Gasteiger partial charge in [0.05, 0.1) is 6.61 Å². The van der Waals surface area contributed by atoms with Gasteiger partial charge in [0.25, 0.3) is 0 Å². The SMILES string of the molecule is CC(CO)(CCCS(C)(=O)=O)CNC(=O)OC(C)(C)C. The molecule has 0 fully saturated rings. The summed E-state index contributed by atoms with van der Waals surface area (Å²) in [5.41, 5.74) is -1.13. The Hall–Kier alpha value is -0.820. The van der Waals surface area contributed by atoms with E-state index in [2.05, 4.69) is 5.32 Å². The maximum absolute atomic E-state index is 11.5. The number of hydrogen-bond donors (Lipinski definition) is 2. The zero-order valence-electron chi connectivity index (χ0n) is 13.0. The summed E-state index contributed by atoms with van der Waals surface area (Å²) in [5, 5.41) is 12.0. The summed E-state index contributed by atoms with van der Waals surface area (Å²) >= 11 is 0. The van der Waals surface area contributed by atoms with Crippen molar-refractivity contribution in [1.29, 1.82) is 0 Å². The second kappa shape index (κ2) is 7.26. The summed E-state index contributed by atoms with van der Waals surface area (Å²) in [7, 11) is -3.00. The van der Waals surface area contributed by atoms with Crippen molar-refractivity contribution in [3.05, 3.63) is 0 Å². The molecule has 7 heteroatoms. The molecular weight excluding hydrogens is 282 g/mol. The fourth-order valence-electron chi connectivity index (χ4n) is 1.58. The van der Waals surface area contributed by atoms with Crippen molar-refractivity contribution in [1.82, 2.24) is 5.32 Å². The van der Waals surface area contributed by atoms with Gasteiger partial charge >= 0.3 is 6.09 Å². The van der Waals surface area contributed by atoms with E-state index in [-0.39, 0.29) is 18.9 Å². The van der Waals surface area contributed by atoms with Crippen LogP contribution in [0.25, 0.3) is 0 Å². The van der Waals surface area contributed by atoms with Crippen LogP contribution < -0.4 is 5.32 Å². The second-order valence-electron chi connectivity index (χ2n) is 6.56. The molecule has 0 bridgehead atoms. The number of nitrogens with one attached hydrogen (secondary N) is 1. The van der Waals surface area contributed by atoms with Gasteiger partial charge in [-0.25, -0.2) is 13.2 Å². The summed E-state index contributed by atoms with van der Waals surface area (Å²) in [6.45, 7) is 7.21. The molecule has 0 aromatic carbocycles. The van der Waals surface area contributed by atoms with Gasteiger partial charge in [-0.3, -0.25) is 0 Å². The summed E-state index contributed by atoms with van der Waals surface area (Å²) in [4.78, 5) is 11.5. The van der Waals surface area contributed by atoms with Crippen molar-refractivity contribution in [2.24, 2.45) is 5.41 Å². The molecule has 0 spiro atoms. The highest BCUT2D eigenvalue weighted by Crippen LogP contribution is 2.22. The van der Waals surface area contributed by atoms with E-state index in [0.717, 1.165) is 0 Å². The van der Waals surface area contributed by atoms with Gasteiger partial charge in [0, 0.05) is 24.0 Å². The van der Waals surface area contributed by atoms with Crippen LogP contribution >= 0.6 is 0 Å². The molecule has 2 N–H and O–H groups in total. The van der Waals surface area contributed by atoms with Gasteiger partial charge in [-0.1, -0.05) is 6.92 Å². The molecule has 6 nitrogen and oxygen atoms in total. The van der Waals surface area contributed by atoms with Crippen LogP contribution in [0.5, 0.6) is 0 Å². The third-order valence-corrected chi connectivity index (χ3v) is 3.77. The first-order valence-electron chi connectivity index (χ1n) is 6.62. The van der Waals surface area contributed by atoms with Crippen molar-refractivity contribution in [2.45, 2.75) is 46.1 Å². The van der Waals surface area contributed by atoms with Gasteiger partial charge < -0.3 is 15.2 Å². The quantitative estimate of drug-likeness (QED) is 0.740. The number of aliphatic hydroxyl groups is 1. The van der Waals surface area contributed by atoms with Gasteiger partial charge in [0.1, 0.15) is 15.4 Å². The molecule has 120 valence electrons. The number of carbonyl (C=O) groups is 1. The molecule has 0 aliphatic carbocycles. The molecule has 0 aliphatic heterocycles. The Morgan fingerprint density at radius 3 is 2.20 bits per heavy atom. The number of carbonyl (C=O) groups excluding carboxylic acids is 1. The van der Waals surface area contributed by atoms with Crippen LogP contribution in [0.3, 0.4) is 0 Å². The zero-order chi connectivity index (χ0) is 16.0. The lowest BCUT2D eigenvalue weighted by molar-refractivity contribution is 0.0472. The number of rotatable bonds is 7. The van der Waals surface area contributed by atoms with Crippen molar-refractivity contribution in [3.8, 4) is 0 Å². The van der Waals surface area contributed by atoms with E-state index in [1.54, 1.807) is 27.7 Å². The average molecular weight is 309 g/mol. The Kier molecular flexibility index (Phi) is 6.97. The first kappa shape index (κ1) is 19.2. The lowest BCUT2D eigenvalue weighted by Crippen LogP contribution is -2.40. The highest BCUT2D eigenvalue weighted by atomic mass is 32.2. The zero-order valence-corrected chi connectivity index (χ0v) is 13.8. The Morgan fingerprint density at radius 1 is 1.25 bits per heavy atom. The Bertz CT molecular complexity index is 413. The van der Waals surface area contributed by atoms with E-state index in [0.29, 0.717) is 12.8 Å². The number of aliphatic hydroxyl groups excluding tert-OH is 1.